The van der Waals surface area contributed by atoms with Crippen LogP contribution in [0.15, 0.2) is 40.8 Å². The number of para-hydroxylation sites is 1. The van der Waals surface area contributed by atoms with Crippen LogP contribution in [0.4, 0.5) is 5.69 Å². The van der Waals surface area contributed by atoms with Gasteiger partial charge in [-0.1, -0.05) is 29.8 Å². The van der Waals surface area contributed by atoms with Crippen LogP contribution in [0.5, 0.6) is 0 Å². The zero-order valence-electron chi connectivity index (χ0n) is 17.3. The van der Waals surface area contributed by atoms with E-state index < -0.39 is 24.5 Å². The van der Waals surface area contributed by atoms with E-state index in [1.807, 2.05) is 32.9 Å². The number of aryl methyl sites for hydroxylation is 3. The molecule has 1 amide bonds. The third-order valence-electron chi connectivity index (χ3n) is 4.54. The van der Waals surface area contributed by atoms with Gasteiger partial charge in [0.25, 0.3) is 5.91 Å². The minimum atomic E-state index is -0.688. The summed E-state index contributed by atoms with van der Waals surface area (Å²) in [5.74, 6) is -1.97. The molecule has 1 N–H and O–H groups in total. The number of carbonyl (C=O) groups excluding carboxylic acids is 3. The molecule has 0 aliphatic carbocycles. The van der Waals surface area contributed by atoms with Gasteiger partial charge in [0.05, 0.1) is 12.2 Å². The van der Waals surface area contributed by atoms with Gasteiger partial charge in [-0.05, 0) is 51.0 Å². The number of furan rings is 1. The Balaban J connectivity index is 1.77. The van der Waals surface area contributed by atoms with Gasteiger partial charge in [-0.15, -0.1) is 0 Å². The summed E-state index contributed by atoms with van der Waals surface area (Å²) in [4.78, 5) is 37.2. The maximum Gasteiger partial charge on any atom is 0.376 e. The highest BCUT2D eigenvalue weighted by Crippen LogP contribution is 2.31. The number of rotatable bonds is 6. The maximum atomic E-state index is 12.5. The summed E-state index contributed by atoms with van der Waals surface area (Å²) in [5.41, 5.74) is 3.66. The molecule has 0 fully saturated rings. The quantitative estimate of drug-likeness (QED) is 0.609. The zero-order valence-corrected chi connectivity index (χ0v) is 17.3. The molecule has 30 heavy (non-hydrogen) atoms. The van der Waals surface area contributed by atoms with E-state index in [-0.39, 0.29) is 18.1 Å². The van der Waals surface area contributed by atoms with Gasteiger partial charge < -0.3 is 19.2 Å². The molecule has 0 unspecified atom stereocenters. The van der Waals surface area contributed by atoms with Gasteiger partial charge >= 0.3 is 11.9 Å². The Hall–Kier alpha value is -3.61. The van der Waals surface area contributed by atoms with Gasteiger partial charge in [0.1, 0.15) is 11.3 Å². The lowest BCUT2D eigenvalue weighted by Gasteiger charge is -2.11. The molecule has 0 radical (unpaired) electrons. The molecule has 0 spiro atoms. The van der Waals surface area contributed by atoms with Crippen LogP contribution in [0, 0.1) is 20.8 Å². The van der Waals surface area contributed by atoms with Crippen molar-refractivity contribution in [2.24, 2.45) is 0 Å². The van der Waals surface area contributed by atoms with Crippen molar-refractivity contribution in [3.8, 4) is 0 Å². The number of fused-ring (bicyclic) bond motifs is 1. The molecule has 2 aromatic carbocycles. The van der Waals surface area contributed by atoms with Crippen molar-refractivity contribution in [3.63, 3.8) is 0 Å². The normalized spacial score (nSPS) is 10.7. The molecule has 0 aliphatic rings. The minimum Gasteiger partial charge on any atom is -0.460 e. The predicted octanol–water partition coefficient (Wildman–Crippen LogP) is 4.33. The van der Waals surface area contributed by atoms with Crippen molar-refractivity contribution < 1.29 is 28.3 Å². The van der Waals surface area contributed by atoms with Crippen molar-refractivity contribution >= 4 is 34.5 Å². The average Bonchev–Trinajstić information content (AvgIpc) is 3.04. The maximum absolute atomic E-state index is 12.5. The lowest BCUT2D eigenvalue weighted by molar-refractivity contribution is -0.119. The van der Waals surface area contributed by atoms with Crippen molar-refractivity contribution in [2.75, 3.05) is 18.5 Å². The van der Waals surface area contributed by atoms with Crippen molar-refractivity contribution in [1.29, 1.82) is 0 Å². The molecule has 0 aliphatic heterocycles. The Morgan fingerprint density at radius 3 is 2.30 bits per heavy atom. The van der Waals surface area contributed by atoms with Crippen LogP contribution in [0.2, 0.25) is 0 Å². The van der Waals surface area contributed by atoms with Crippen molar-refractivity contribution in [3.05, 3.63) is 64.4 Å². The number of ether oxygens (including phenoxy) is 2. The minimum absolute atomic E-state index is 0.108. The summed E-state index contributed by atoms with van der Waals surface area (Å²) >= 11 is 0. The van der Waals surface area contributed by atoms with E-state index in [1.54, 1.807) is 31.2 Å². The van der Waals surface area contributed by atoms with E-state index in [4.69, 9.17) is 13.9 Å². The first kappa shape index (κ1) is 21.1. The van der Waals surface area contributed by atoms with Gasteiger partial charge in [-0.2, -0.15) is 0 Å². The highest BCUT2D eigenvalue weighted by molar-refractivity contribution is 6.10. The molecule has 0 bridgehead atoms. The largest absolute Gasteiger partial charge is 0.460 e. The predicted molar refractivity (Wildman–Crippen MR) is 112 cm³/mol. The number of hydrogen-bond donors (Lipinski definition) is 1. The van der Waals surface area contributed by atoms with E-state index >= 15 is 0 Å². The fourth-order valence-corrected chi connectivity index (χ4v) is 3.39. The molecule has 156 valence electrons. The third-order valence-corrected chi connectivity index (χ3v) is 4.54. The second-order valence-corrected chi connectivity index (χ2v) is 6.92. The van der Waals surface area contributed by atoms with Crippen LogP contribution in [-0.4, -0.2) is 31.1 Å². The number of nitrogens with one attached hydrogen (secondary N) is 1. The summed E-state index contributed by atoms with van der Waals surface area (Å²) in [6.45, 7) is 6.91. The Morgan fingerprint density at radius 2 is 1.63 bits per heavy atom. The first-order chi connectivity index (χ1) is 14.3. The first-order valence-electron chi connectivity index (χ1n) is 9.55. The number of anilines is 1. The number of amides is 1. The highest BCUT2D eigenvalue weighted by atomic mass is 16.5. The van der Waals surface area contributed by atoms with Gasteiger partial charge in [-0.25, -0.2) is 9.59 Å². The smallest absolute Gasteiger partial charge is 0.376 e. The van der Waals surface area contributed by atoms with E-state index in [0.717, 1.165) is 16.7 Å². The summed E-state index contributed by atoms with van der Waals surface area (Å²) in [7, 11) is 0. The number of hydrogen-bond acceptors (Lipinski definition) is 6. The van der Waals surface area contributed by atoms with Crippen LogP contribution < -0.4 is 5.32 Å². The lowest BCUT2D eigenvalue weighted by atomic mass is 10.00. The van der Waals surface area contributed by atoms with Crippen molar-refractivity contribution in [2.45, 2.75) is 27.7 Å². The van der Waals surface area contributed by atoms with E-state index in [9.17, 15) is 14.4 Å². The molecular formula is C23H23NO6. The average molecular weight is 409 g/mol. The number of benzene rings is 2. The number of carbonyl (C=O) groups is 3. The number of esters is 2. The molecule has 7 nitrogen and oxygen atoms in total. The second-order valence-electron chi connectivity index (χ2n) is 6.92. The highest BCUT2D eigenvalue weighted by Gasteiger charge is 2.24. The second kappa shape index (κ2) is 8.82. The fraction of sp³-hybridized carbons (Fsp3) is 0.261. The van der Waals surface area contributed by atoms with Gasteiger partial charge in [0, 0.05) is 5.39 Å². The molecule has 7 heteroatoms. The summed E-state index contributed by atoms with van der Waals surface area (Å²) in [5, 5.41) is 3.15. The van der Waals surface area contributed by atoms with Gasteiger partial charge in [-0.3, -0.25) is 4.79 Å². The van der Waals surface area contributed by atoms with Crippen molar-refractivity contribution in [1.82, 2.24) is 0 Å². The van der Waals surface area contributed by atoms with Gasteiger partial charge in [0.15, 0.2) is 6.61 Å². The zero-order chi connectivity index (χ0) is 21.8. The van der Waals surface area contributed by atoms with Crippen LogP contribution >= 0.6 is 0 Å². The van der Waals surface area contributed by atoms with Crippen LogP contribution in [0.3, 0.4) is 0 Å². The monoisotopic (exact) mass is 409 g/mol. The molecule has 3 aromatic rings. The molecule has 0 saturated carbocycles. The Morgan fingerprint density at radius 1 is 0.967 bits per heavy atom. The standard InChI is InChI=1S/C23H23NO6/c1-5-28-23(27)21-20(16-8-6-7-9-17(16)30-21)24-18(25)12-29-22(26)19-14(3)10-13(2)11-15(19)4/h6-11H,5,12H2,1-4H3,(H,24,25). The first-order valence-corrected chi connectivity index (χ1v) is 9.55. The Bertz CT molecular complexity index is 1100. The van der Waals surface area contributed by atoms with E-state index in [1.165, 1.54) is 0 Å². The molecule has 3 rings (SSSR count). The van der Waals surface area contributed by atoms with Gasteiger partial charge in [0.2, 0.25) is 5.76 Å². The molecule has 0 saturated heterocycles. The molecular weight excluding hydrogens is 386 g/mol. The van der Waals surface area contributed by atoms with Crippen LogP contribution in [0.1, 0.15) is 44.5 Å². The molecule has 0 atom stereocenters. The summed E-state index contributed by atoms with van der Waals surface area (Å²) < 4.78 is 15.8. The topological polar surface area (TPSA) is 94.8 Å². The lowest BCUT2D eigenvalue weighted by Crippen LogP contribution is -2.22. The van der Waals surface area contributed by atoms with Crippen LogP contribution in [-0.2, 0) is 14.3 Å². The molecule has 1 aromatic heterocycles. The summed E-state index contributed by atoms with van der Waals surface area (Å²) in [6.07, 6.45) is 0. The Kier molecular flexibility index (Phi) is 6.20. The van der Waals surface area contributed by atoms with E-state index in [0.29, 0.717) is 16.5 Å². The molecule has 1 heterocycles. The SMILES string of the molecule is CCOC(=O)c1oc2ccccc2c1NC(=O)COC(=O)c1c(C)cc(C)cc1C. The third kappa shape index (κ3) is 4.35. The van der Waals surface area contributed by atoms with Crippen LogP contribution in [0.25, 0.3) is 11.0 Å². The van der Waals surface area contributed by atoms with E-state index in [2.05, 4.69) is 5.32 Å². The summed E-state index contributed by atoms with van der Waals surface area (Å²) in [6, 6.07) is 10.7. The Labute approximate surface area is 174 Å². The fourth-order valence-electron chi connectivity index (χ4n) is 3.39.